The minimum Gasteiger partial charge on any atom is -0.422 e. The van der Waals surface area contributed by atoms with Gasteiger partial charge in [0, 0.05) is 20.0 Å². The van der Waals surface area contributed by atoms with Crippen molar-refractivity contribution in [3.05, 3.63) is 29.2 Å². The fourth-order valence-corrected chi connectivity index (χ4v) is 2.08. The van der Waals surface area contributed by atoms with Crippen LogP contribution in [-0.2, 0) is 6.54 Å². The Bertz CT molecular complexity index is 761. The summed E-state index contributed by atoms with van der Waals surface area (Å²) >= 11 is 0. The third-order valence-electron chi connectivity index (χ3n) is 2.89. The molecule has 0 spiro atoms. The van der Waals surface area contributed by atoms with E-state index in [1.165, 1.54) is 0 Å². The van der Waals surface area contributed by atoms with Gasteiger partial charge in [-0.25, -0.2) is 9.97 Å². The van der Waals surface area contributed by atoms with Gasteiger partial charge in [0.1, 0.15) is 5.82 Å². The Morgan fingerprint density at radius 2 is 1.95 bits per heavy atom. The van der Waals surface area contributed by atoms with Crippen LogP contribution < -0.4 is 4.90 Å². The zero-order valence-corrected chi connectivity index (χ0v) is 11.8. The largest absolute Gasteiger partial charge is 0.422 e. The molecule has 7 nitrogen and oxygen atoms in total. The van der Waals surface area contributed by atoms with Crippen molar-refractivity contribution in [1.82, 2.24) is 20.1 Å². The highest BCUT2D eigenvalue weighted by molar-refractivity contribution is 5.81. The van der Waals surface area contributed by atoms with Crippen LogP contribution in [0.5, 0.6) is 0 Å². The minimum absolute atomic E-state index is 0.505. The number of aryl methyl sites for hydroxylation is 3. The van der Waals surface area contributed by atoms with Gasteiger partial charge in [0.25, 0.3) is 5.71 Å². The van der Waals surface area contributed by atoms with Gasteiger partial charge in [0.2, 0.25) is 0 Å². The van der Waals surface area contributed by atoms with E-state index in [4.69, 9.17) is 8.94 Å². The molecular formula is C13H15N5O2. The summed E-state index contributed by atoms with van der Waals surface area (Å²) in [4.78, 5) is 15.0. The summed E-state index contributed by atoms with van der Waals surface area (Å²) in [6, 6.07) is 1.90. The van der Waals surface area contributed by atoms with E-state index in [9.17, 15) is 0 Å². The molecular weight excluding hydrogens is 258 g/mol. The van der Waals surface area contributed by atoms with E-state index >= 15 is 0 Å². The first-order valence-electron chi connectivity index (χ1n) is 6.28. The molecule has 3 rings (SSSR count). The van der Waals surface area contributed by atoms with Gasteiger partial charge in [-0.3, -0.25) is 0 Å². The van der Waals surface area contributed by atoms with E-state index in [0.29, 0.717) is 29.5 Å². The molecule has 3 aromatic heterocycles. The van der Waals surface area contributed by atoms with E-state index in [1.54, 1.807) is 6.92 Å². The van der Waals surface area contributed by atoms with Gasteiger partial charge in [-0.15, -0.1) is 0 Å². The van der Waals surface area contributed by atoms with Crippen LogP contribution in [0.4, 0.5) is 5.82 Å². The fourth-order valence-electron chi connectivity index (χ4n) is 2.08. The highest BCUT2D eigenvalue weighted by Crippen LogP contribution is 2.24. The zero-order valence-electron chi connectivity index (χ0n) is 11.8. The Balaban J connectivity index is 1.99. The van der Waals surface area contributed by atoms with Crippen LogP contribution in [0.2, 0.25) is 0 Å². The molecule has 0 N–H and O–H groups in total. The lowest BCUT2D eigenvalue weighted by Gasteiger charge is -2.16. The molecule has 7 heteroatoms. The van der Waals surface area contributed by atoms with Crippen molar-refractivity contribution in [2.75, 3.05) is 11.9 Å². The predicted molar refractivity (Wildman–Crippen MR) is 72.4 cm³/mol. The topological polar surface area (TPSA) is 81.1 Å². The summed E-state index contributed by atoms with van der Waals surface area (Å²) < 4.78 is 10.7. The number of oxazole rings is 1. The number of fused-ring (bicyclic) bond motifs is 1. The monoisotopic (exact) mass is 273 g/mol. The Morgan fingerprint density at radius 1 is 1.15 bits per heavy atom. The lowest BCUT2D eigenvalue weighted by Crippen LogP contribution is -2.18. The van der Waals surface area contributed by atoms with Crippen molar-refractivity contribution in [1.29, 1.82) is 0 Å². The average molecular weight is 273 g/mol. The number of hydrogen-bond acceptors (Lipinski definition) is 7. The van der Waals surface area contributed by atoms with Gasteiger partial charge in [-0.2, -0.15) is 4.98 Å². The third kappa shape index (κ3) is 2.22. The van der Waals surface area contributed by atoms with Gasteiger partial charge in [0.15, 0.2) is 23.0 Å². The zero-order chi connectivity index (χ0) is 14.3. The Morgan fingerprint density at radius 3 is 2.65 bits per heavy atom. The van der Waals surface area contributed by atoms with E-state index < -0.39 is 0 Å². The van der Waals surface area contributed by atoms with E-state index in [2.05, 4.69) is 20.1 Å². The van der Waals surface area contributed by atoms with Crippen molar-refractivity contribution >= 4 is 17.0 Å². The number of rotatable bonds is 3. The summed E-state index contributed by atoms with van der Waals surface area (Å²) in [6.07, 6.45) is 0. The van der Waals surface area contributed by atoms with Crippen molar-refractivity contribution in [3.8, 4) is 0 Å². The lowest BCUT2D eigenvalue weighted by atomic mass is 10.3. The molecule has 0 radical (unpaired) electrons. The quantitative estimate of drug-likeness (QED) is 0.723. The van der Waals surface area contributed by atoms with Crippen molar-refractivity contribution in [3.63, 3.8) is 0 Å². The Kier molecular flexibility index (Phi) is 2.89. The number of hydrogen-bond donors (Lipinski definition) is 0. The van der Waals surface area contributed by atoms with Crippen LogP contribution >= 0.6 is 0 Å². The molecule has 104 valence electrons. The number of nitrogens with zero attached hydrogens (tertiary/aromatic N) is 5. The maximum atomic E-state index is 5.47. The highest BCUT2D eigenvalue weighted by Gasteiger charge is 2.16. The minimum atomic E-state index is 0.505. The molecule has 0 unspecified atom stereocenters. The van der Waals surface area contributed by atoms with Crippen LogP contribution in [0.25, 0.3) is 11.2 Å². The molecule has 3 heterocycles. The molecule has 0 bridgehead atoms. The van der Waals surface area contributed by atoms with Crippen LogP contribution in [0.3, 0.4) is 0 Å². The maximum absolute atomic E-state index is 5.47. The first kappa shape index (κ1) is 12.6. The van der Waals surface area contributed by atoms with E-state index in [-0.39, 0.29) is 0 Å². The second-order valence-electron chi connectivity index (χ2n) is 4.77. The fraction of sp³-hybridized carbons (Fsp3) is 0.385. The smallest absolute Gasteiger partial charge is 0.252 e. The van der Waals surface area contributed by atoms with Gasteiger partial charge >= 0.3 is 0 Å². The second kappa shape index (κ2) is 4.59. The van der Waals surface area contributed by atoms with Gasteiger partial charge < -0.3 is 13.8 Å². The summed E-state index contributed by atoms with van der Waals surface area (Å²) in [5.41, 5.74) is 2.02. The first-order valence-corrected chi connectivity index (χ1v) is 6.28. The number of anilines is 1. The third-order valence-corrected chi connectivity index (χ3v) is 2.89. The molecule has 0 atom stereocenters. The second-order valence-corrected chi connectivity index (χ2v) is 4.77. The summed E-state index contributed by atoms with van der Waals surface area (Å²) in [5.74, 6) is 2.71. The standard InChI is InChI=1S/C13H15N5O2/c1-7-5-10(20-17-7)6-18(4)12-11-13(15-8(2)14-12)19-9(3)16-11/h5H,6H2,1-4H3. The van der Waals surface area contributed by atoms with Crippen LogP contribution in [-0.4, -0.2) is 27.2 Å². The molecule has 0 aliphatic carbocycles. The Labute approximate surface area is 115 Å². The average Bonchev–Trinajstić information content (AvgIpc) is 2.93. The molecule has 20 heavy (non-hydrogen) atoms. The molecule has 0 aromatic carbocycles. The molecule has 0 amide bonds. The molecule has 0 saturated carbocycles. The van der Waals surface area contributed by atoms with Crippen LogP contribution in [0, 0.1) is 20.8 Å². The maximum Gasteiger partial charge on any atom is 0.252 e. The predicted octanol–water partition coefficient (Wildman–Crippen LogP) is 2.17. The molecule has 0 saturated heterocycles. The summed E-state index contributed by atoms with van der Waals surface area (Å²) in [5, 5.41) is 3.88. The lowest BCUT2D eigenvalue weighted by molar-refractivity contribution is 0.379. The van der Waals surface area contributed by atoms with Gasteiger partial charge in [-0.05, 0) is 13.8 Å². The molecule has 0 aliphatic rings. The Hall–Kier alpha value is -2.44. The van der Waals surface area contributed by atoms with E-state index in [1.807, 2.05) is 31.9 Å². The summed E-state index contributed by atoms with van der Waals surface area (Å²) in [6.45, 7) is 6.06. The molecule has 0 fully saturated rings. The highest BCUT2D eigenvalue weighted by atomic mass is 16.5. The normalized spacial score (nSPS) is 11.2. The van der Waals surface area contributed by atoms with Gasteiger partial charge in [0.05, 0.1) is 12.2 Å². The van der Waals surface area contributed by atoms with Crippen LogP contribution in [0.1, 0.15) is 23.2 Å². The van der Waals surface area contributed by atoms with E-state index in [0.717, 1.165) is 17.3 Å². The van der Waals surface area contributed by atoms with Crippen molar-refractivity contribution in [2.24, 2.45) is 0 Å². The van der Waals surface area contributed by atoms with Crippen LogP contribution in [0.15, 0.2) is 15.0 Å². The first-order chi connectivity index (χ1) is 9.52. The van der Waals surface area contributed by atoms with Crippen molar-refractivity contribution < 1.29 is 8.94 Å². The number of aromatic nitrogens is 4. The molecule has 0 aliphatic heterocycles. The van der Waals surface area contributed by atoms with Gasteiger partial charge in [-0.1, -0.05) is 5.16 Å². The molecule has 3 aromatic rings. The SMILES string of the molecule is Cc1cc(CN(C)c2nc(C)nc3oc(C)nc23)on1. The van der Waals surface area contributed by atoms with Crippen molar-refractivity contribution in [2.45, 2.75) is 27.3 Å². The summed E-state index contributed by atoms with van der Waals surface area (Å²) in [7, 11) is 1.92.